The van der Waals surface area contributed by atoms with Crippen molar-refractivity contribution in [2.75, 3.05) is 36.4 Å². The zero-order valence-corrected chi connectivity index (χ0v) is 13.7. The minimum atomic E-state index is -4.59. The number of benzene rings is 1. The Hall–Kier alpha value is -3.04. The Labute approximate surface area is 147 Å². The Morgan fingerprint density at radius 3 is 2.69 bits per heavy atom. The van der Waals surface area contributed by atoms with E-state index < -0.39 is 30.1 Å². The van der Waals surface area contributed by atoms with Crippen LogP contribution in [0.25, 0.3) is 0 Å². The Balaban J connectivity index is 2.26. The van der Waals surface area contributed by atoms with Crippen LogP contribution < -0.4 is 20.9 Å². The maximum atomic E-state index is 13.0. The van der Waals surface area contributed by atoms with Gasteiger partial charge < -0.3 is 20.9 Å². The Bertz CT molecular complexity index is 734. The number of nitrogens with one attached hydrogen (secondary N) is 3. The molecule has 0 radical (unpaired) electrons. The minimum absolute atomic E-state index is 0.0402. The lowest BCUT2D eigenvalue weighted by molar-refractivity contribution is -0.137. The van der Waals surface area contributed by atoms with Crippen LogP contribution in [0.5, 0.6) is 0 Å². The largest absolute Gasteiger partial charge is 0.416 e. The number of amides is 3. The quantitative estimate of drug-likeness (QED) is 0.672. The molecule has 0 saturated carbocycles. The van der Waals surface area contributed by atoms with Crippen LogP contribution in [0, 0.1) is 0 Å². The van der Waals surface area contributed by atoms with Crippen molar-refractivity contribution in [3.63, 3.8) is 0 Å². The Morgan fingerprint density at radius 2 is 2.08 bits per heavy atom. The number of hydrogen-bond donors (Lipinski definition) is 3. The van der Waals surface area contributed by atoms with Crippen LogP contribution in [-0.4, -0.2) is 43.9 Å². The average Bonchev–Trinajstić information content (AvgIpc) is 2.58. The standard InChI is InChI=1S/C16H17F3N4O3/c1-2-13(24)21-8-14(25)22-11-7-10(16(17,18)19)3-4-12(11)23-6-5-20-15(26)9-23/h2-4,7H,1,5-6,8-9H2,(H,20,26)(H,21,24)(H,22,25). The first kappa shape index (κ1) is 19.3. The molecule has 1 saturated heterocycles. The second kappa shape index (κ2) is 7.89. The molecule has 0 spiro atoms. The molecule has 7 nitrogen and oxygen atoms in total. The maximum Gasteiger partial charge on any atom is 0.416 e. The molecule has 1 aliphatic heterocycles. The highest BCUT2D eigenvalue weighted by molar-refractivity contribution is 5.99. The second-order valence-corrected chi connectivity index (χ2v) is 5.47. The molecule has 3 amide bonds. The minimum Gasteiger partial charge on any atom is -0.359 e. The molecule has 1 aliphatic rings. The fraction of sp³-hybridized carbons (Fsp3) is 0.312. The molecule has 2 rings (SSSR count). The van der Waals surface area contributed by atoms with Crippen LogP contribution in [0.4, 0.5) is 24.5 Å². The summed E-state index contributed by atoms with van der Waals surface area (Å²) in [6.07, 6.45) is -3.62. The SMILES string of the molecule is C=CC(=O)NCC(=O)Nc1cc(C(F)(F)F)ccc1N1CCNC(=O)C1. The lowest BCUT2D eigenvalue weighted by Gasteiger charge is -2.30. The first-order chi connectivity index (χ1) is 12.2. The molecule has 0 bridgehead atoms. The molecule has 1 fully saturated rings. The predicted octanol–water partition coefficient (Wildman–Crippen LogP) is 0.882. The topological polar surface area (TPSA) is 90.5 Å². The third-order valence-corrected chi connectivity index (χ3v) is 3.59. The molecule has 1 aromatic carbocycles. The monoisotopic (exact) mass is 370 g/mol. The van der Waals surface area contributed by atoms with Crippen LogP contribution in [0.15, 0.2) is 30.9 Å². The molecule has 140 valence electrons. The number of alkyl halides is 3. The molecular weight excluding hydrogens is 353 g/mol. The fourth-order valence-corrected chi connectivity index (χ4v) is 2.37. The molecule has 1 heterocycles. The molecule has 10 heteroatoms. The van der Waals surface area contributed by atoms with Crippen molar-refractivity contribution in [1.29, 1.82) is 0 Å². The van der Waals surface area contributed by atoms with Gasteiger partial charge in [-0.25, -0.2) is 0 Å². The van der Waals surface area contributed by atoms with Crippen LogP contribution in [0.2, 0.25) is 0 Å². The highest BCUT2D eigenvalue weighted by atomic mass is 19.4. The van der Waals surface area contributed by atoms with Gasteiger partial charge in [0.2, 0.25) is 17.7 Å². The van der Waals surface area contributed by atoms with Gasteiger partial charge in [-0.15, -0.1) is 0 Å². The van der Waals surface area contributed by atoms with E-state index in [2.05, 4.69) is 22.5 Å². The molecule has 0 aliphatic carbocycles. The van der Waals surface area contributed by atoms with Crippen molar-refractivity contribution in [3.8, 4) is 0 Å². The molecule has 0 atom stereocenters. The summed E-state index contributed by atoms with van der Waals surface area (Å²) in [6, 6.07) is 2.89. The lowest BCUT2D eigenvalue weighted by Crippen LogP contribution is -2.48. The third kappa shape index (κ3) is 4.98. The van der Waals surface area contributed by atoms with Gasteiger partial charge in [-0.05, 0) is 24.3 Å². The number of nitrogens with zero attached hydrogens (tertiary/aromatic N) is 1. The van der Waals surface area contributed by atoms with Crippen molar-refractivity contribution in [2.24, 2.45) is 0 Å². The van der Waals surface area contributed by atoms with Crippen molar-refractivity contribution in [2.45, 2.75) is 6.18 Å². The molecule has 3 N–H and O–H groups in total. The lowest BCUT2D eigenvalue weighted by atomic mass is 10.1. The zero-order chi connectivity index (χ0) is 19.3. The summed E-state index contributed by atoms with van der Waals surface area (Å²) in [5.41, 5.74) is -0.739. The second-order valence-electron chi connectivity index (χ2n) is 5.47. The van der Waals surface area contributed by atoms with Crippen molar-refractivity contribution in [1.82, 2.24) is 10.6 Å². The zero-order valence-electron chi connectivity index (χ0n) is 13.7. The summed E-state index contributed by atoms with van der Waals surface area (Å²) < 4.78 is 38.9. The number of halogens is 3. The van der Waals surface area contributed by atoms with Gasteiger partial charge in [0, 0.05) is 13.1 Å². The van der Waals surface area contributed by atoms with Gasteiger partial charge >= 0.3 is 6.18 Å². The summed E-state index contributed by atoms with van der Waals surface area (Å²) in [5.74, 6) is -1.56. The van der Waals surface area contributed by atoms with E-state index in [9.17, 15) is 27.6 Å². The van der Waals surface area contributed by atoms with Crippen molar-refractivity contribution >= 4 is 29.1 Å². The summed E-state index contributed by atoms with van der Waals surface area (Å²) in [4.78, 5) is 36.2. The van der Waals surface area contributed by atoms with E-state index in [-0.39, 0.29) is 23.8 Å². The van der Waals surface area contributed by atoms with Gasteiger partial charge in [-0.3, -0.25) is 14.4 Å². The van der Waals surface area contributed by atoms with E-state index in [1.807, 2.05) is 0 Å². The van der Waals surface area contributed by atoms with E-state index in [0.717, 1.165) is 18.2 Å². The number of anilines is 2. The molecule has 26 heavy (non-hydrogen) atoms. The van der Waals surface area contributed by atoms with Crippen molar-refractivity contribution in [3.05, 3.63) is 36.4 Å². The highest BCUT2D eigenvalue weighted by Gasteiger charge is 2.32. The molecule has 0 aromatic heterocycles. The predicted molar refractivity (Wildman–Crippen MR) is 88.5 cm³/mol. The summed E-state index contributed by atoms with van der Waals surface area (Å²) in [5, 5.41) is 7.20. The van der Waals surface area contributed by atoms with Crippen LogP contribution in [-0.2, 0) is 20.6 Å². The van der Waals surface area contributed by atoms with Gasteiger partial charge in [0.25, 0.3) is 0 Å². The third-order valence-electron chi connectivity index (χ3n) is 3.59. The van der Waals surface area contributed by atoms with Gasteiger partial charge in [0.05, 0.1) is 30.0 Å². The highest BCUT2D eigenvalue weighted by Crippen LogP contribution is 2.35. The van der Waals surface area contributed by atoms with Gasteiger partial charge in [0.1, 0.15) is 0 Å². The van der Waals surface area contributed by atoms with E-state index in [1.54, 1.807) is 4.90 Å². The first-order valence-corrected chi connectivity index (χ1v) is 7.63. The van der Waals surface area contributed by atoms with Crippen LogP contribution >= 0.6 is 0 Å². The van der Waals surface area contributed by atoms with Gasteiger partial charge in [-0.2, -0.15) is 13.2 Å². The van der Waals surface area contributed by atoms with E-state index in [1.165, 1.54) is 6.07 Å². The number of rotatable bonds is 5. The Kier molecular flexibility index (Phi) is 5.86. The van der Waals surface area contributed by atoms with E-state index in [4.69, 9.17) is 0 Å². The maximum absolute atomic E-state index is 13.0. The average molecular weight is 370 g/mol. The molecular formula is C16H17F3N4O3. The molecule has 0 unspecified atom stereocenters. The van der Waals surface area contributed by atoms with Crippen LogP contribution in [0.1, 0.15) is 5.56 Å². The van der Waals surface area contributed by atoms with Gasteiger partial charge in [-0.1, -0.05) is 6.58 Å². The number of carbonyl (C=O) groups excluding carboxylic acids is 3. The number of carbonyl (C=O) groups is 3. The van der Waals surface area contributed by atoms with Crippen LogP contribution in [0.3, 0.4) is 0 Å². The first-order valence-electron chi connectivity index (χ1n) is 7.63. The summed E-state index contributed by atoms with van der Waals surface area (Å²) in [6.45, 7) is 3.48. The van der Waals surface area contributed by atoms with Gasteiger partial charge in [0.15, 0.2) is 0 Å². The van der Waals surface area contributed by atoms with E-state index in [0.29, 0.717) is 13.1 Å². The summed E-state index contributed by atoms with van der Waals surface area (Å²) >= 11 is 0. The fourth-order valence-electron chi connectivity index (χ4n) is 2.37. The number of piperazine rings is 1. The number of hydrogen-bond acceptors (Lipinski definition) is 4. The Morgan fingerprint density at radius 1 is 1.35 bits per heavy atom. The normalized spacial score (nSPS) is 14.4. The van der Waals surface area contributed by atoms with Crippen molar-refractivity contribution < 1.29 is 27.6 Å². The van der Waals surface area contributed by atoms with E-state index >= 15 is 0 Å². The summed E-state index contributed by atoms with van der Waals surface area (Å²) in [7, 11) is 0. The smallest absolute Gasteiger partial charge is 0.359 e. The molecule has 1 aromatic rings.